The van der Waals surface area contributed by atoms with Gasteiger partial charge in [-0.2, -0.15) is 0 Å². The standard InChI is InChI=1S/C11H14N2O3/c12-11(15)9-2-1-8(7-10(9)14)13-3-5-16-6-4-13/h1-2,7,14H,3-6H2,(H2,12,15). The molecule has 0 spiro atoms. The van der Waals surface area contributed by atoms with Crippen LogP contribution >= 0.6 is 0 Å². The van der Waals surface area contributed by atoms with Gasteiger partial charge in [0.1, 0.15) is 5.75 Å². The molecule has 0 bridgehead atoms. The molecule has 0 atom stereocenters. The number of morpholine rings is 1. The lowest BCUT2D eigenvalue weighted by molar-refractivity contribution is 0.0997. The molecule has 1 aliphatic rings. The fourth-order valence-electron chi connectivity index (χ4n) is 1.75. The summed E-state index contributed by atoms with van der Waals surface area (Å²) in [6, 6.07) is 4.89. The van der Waals surface area contributed by atoms with Crippen molar-refractivity contribution in [1.29, 1.82) is 0 Å². The van der Waals surface area contributed by atoms with Gasteiger partial charge in [0, 0.05) is 24.8 Å². The maximum Gasteiger partial charge on any atom is 0.252 e. The maximum absolute atomic E-state index is 10.9. The monoisotopic (exact) mass is 222 g/mol. The van der Waals surface area contributed by atoms with Gasteiger partial charge < -0.3 is 20.5 Å². The Bertz CT molecular complexity index is 400. The molecule has 1 amide bonds. The zero-order valence-corrected chi connectivity index (χ0v) is 8.85. The molecule has 0 aliphatic carbocycles. The number of aromatic hydroxyl groups is 1. The summed E-state index contributed by atoms with van der Waals surface area (Å²) in [5.74, 6) is -0.692. The zero-order valence-electron chi connectivity index (χ0n) is 8.85. The molecule has 0 radical (unpaired) electrons. The van der Waals surface area contributed by atoms with E-state index in [1.807, 2.05) is 0 Å². The van der Waals surface area contributed by atoms with Crippen LogP contribution < -0.4 is 10.6 Å². The molecule has 0 aromatic heterocycles. The second-order valence-corrected chi connectivity index (χ2v) is 3.67. The van der Waals surface area contributed by atoms with Gasteiger partial charge in [-0.25, -0.2) is 0 Å². The van der Waals surface area contributed by atoms with Crippen molar-refractivity contribution in [1.82, 2.24) is 0 Å². The molecule has 3 N–H and O–H groups in total. The van der Waals surface area contributed by atoms with E-state index in [4.69, 9.17) is 10.5 Å². The summed E-state index contributed by atoms with van der Waals surface area (Å²) in [6.45, 7) is 2.93. The van der Waals surface area contributed by atoms with E-state index in [1.165, 1.54) is 0 Å². The molecule has 5 nitrogen and oxygen atoms in total. The van der Waals surface area contributed by atoms with Gasteiger partial charge in [0.05, 0.1) is 18.8 Å². The molecule has 1 aromatic rings. The second-order valence-electron chi connectivity index (χ2n) is 3.67. The number of anilines is 1. The van der Waals surface area contributed by atoms with Gasteiger partial charge in [0.2, 0.25) is 0 Å². The van der Waals surface area contributed by atoms with E-state index in [9.17, 15) is 9.90 Å². The van der Waals surface area contributed by atoms with E-state index in [-0.39, 0.29) is 11.3 Å². The largest absolute Gasteiger partial charge is 0.507 e. The van der Waals surface area contributed by atoms with Gasteiger partial charge in [-0.15, -0.1) is 0 Å². The number of carbonyl (C=O) groups is 1. The number of nitrogens with two attached hydrogens (primary N) is 1. The highest BCUT2D eigenvalue weighted by atomic mass is 16.5. The molecular formula is C11H14N2O3. The number of nitrogens with zero attached hydrogens (tertiary/aromatic N) is 1. The minimum Gasteiger partial charge on any atom is -0.507 e. The molecule has 1 saturated heterocycles. The number of phenols is 1. The lowest BCUT2D eigenvalue weighted by Gasteiger charge is -2.29. The summed E-state index contributed by atoms with van der Waals surface area (Å²) in [5, 5.41) is 9.63. The van der Waals surface area contributed by atoms with Crippen LogP contribution in [0.15, 0.2) is 18.2 Å². The van der Waals surface area contributed by atoms with Crippen LogP contribution in [0.5, 0.6) is 5.75 Å². The minimum atomic E-state index is -0.619. The van der Waals surface area contributed by atoms with Crippen molar-refractivity contribution in [3.8, 4) is 5.75 Å². The zero-order chi connectivity index (χ0) is 11.5. The number of benzene rings is 1. The molecule has 86 valence electrons. The fourth-order valence-corrected chi connectivity index (χ4v) is 1.75. The first-order valence-electron chi connectivity index (χ1n) is 5.14. The summed E-state index contributed by atoms with van der Waals surface area (Å²) in [7, 11) is 0. The topological polar surface area (TPSA) is 75.8 Å². The molecular weight excluding hydrogens is 208 g/mol. The first kappa shape index (κ1) is 10.8. The summed E-state index contributed by atoms with van der Waals surface area (Å²) in [4.78, 5) is 13.0. The van der Waals surface area contributed by atoms with Crippen molar-refractivity contribution < 1.29 is 14.6 Å². The summed E-state index contributed by atoms with van der Waals surface area (Å²) in [6.07, 6.45) is 0. The minimum absolute atomic E-state index is 0.0727. The Kier molecular flexibility index (Phi) is 2.96. The van der Waals surface area contributed by atoms with E-state index in [0.717, 1.165) is 18.8 Å². The third kappa shape index (κ3) is 2.09. The van der Waals surface area contributed by atoms with Crippen LogP contribution in [0.25, 0.3) is 0 Å². The van der Waals surface area contributed by atoms with Crippen LogP contribution in [0.2, 0.25) is 0 Å². The molecule has 0 unspecified atom stereocenters. The smallest absolute Gasteiger partial charge is 0.252 e. The number of ether oxygens (including phenoxy) is 1. The number of hydrogen-bond acceptors (Lipinski definition) is 4. The second kappa shape index (κ2) is 4.40. The quantitative estimate of drug-likeness (QED) is 0.756. The number of hydrogen-bond donors (Lipinski definition) is 2. The van der Waals surface area contributed by atoms with Gasteiger partial charge >= 0.3 is 0 Å². The first-order valence-corrected chi connectivity index (χ1v) is 5.14. The maximum atomic E-state index is 10.9. The van der Waals surface area contributed by atoms with Crippen LogP contribution in [-0.4, -0.2) is 37.3 Å². The highest BCUT2D eigenvalue weighted by molar-refractivity contribution is 5.96. The van der Waals surface area contributed by atoms with Gasteiger partial charge in [-0.05, 0) is 12.1 Å². The number of primary amides is 1. The normalized spacial score (nSPS) is 16.1. The fraction of sp³-hybridized carbons (Fsp3) is 0.364. The van der Waals surface area contributed by atoms with Crippen LogP contribution in [0.4, 0.5) is 5.69 Å². The van der Waals surface area contributed by atoms with Crippen LogP contribution in [0.1, 0.15) is 10.4 Å². The molecule has 1 aromatic carbocycles. The SMILES string of the molecule is NC(=O)c1ccc(N2CCOCC2)cc1O. The van der Waals surface area contributed by atoms with Crippen LogP contribution in [0.3, 0.4) is 0 Å². The van der Waals surface area contributed by atoms with Crippen molar-refractivity contribution >= 4 is 11.6 Å². The van der Waals surface area contributed by atoms with Crippen molar-refractivity contribution in [3.63, 3.8) is 0 Å². The Hall–Kier alpha value is -1.75. The Morgan fingerprint density at radius 2 is 2.06 bits per heavy atom. The van der Waals surface area contributed by atoms with E-state index >= 15 is 0 Å². The third-order valence-corrected chi connectivity index (χ3v) is 2.62. The molecule has 5 heteroatoms. The Balaban J connectivity index is 2.23. The van der Waals surface area contributed by atoms with Crippen molar-refractivity contribution in [2.75, 3.05) is 31.2 Å². The summed E-state index contributed by atoms with van der Waals surface area (Å²) >= 11 is 0. The van der Waals surface area contributed by atoms with E-state index < -0.39 is 5.91 Å². The molecule has 16 heavy (non-hydrogen) atoms. The van der Waals surface area contributed by atoms with Gasteiger partial charge in [0.25, 0.3) is 5.91 Å². The third-order valence-electron chi connectivity index (χ3n) is 2.62. The average molecular weight is 222 g/mol. The highest BCUT2D eigenvalue weighted by Gasteiger charge is 2.14. The summed E-state index contributed by atoms with van der Waals surface area (Å²) < 4.78 is 5.24. The number of amides is 1. The van der Waals surface area contributed by atoms with Crippen molar-refractivity contribution in [2.24, 2.45) is 5.73 Å². The van der Waals surface area contributed by atoms with Gasteiger partial charge in [0.15, 0.2) is 0 Å². The summed E-state index contributed by atoms with van der Waals surface area (Å²) in [5.41, 5.74) is 6.14. The Labute approximate surface area is 93.4 Å². The predicted octanol–water partition coefficient (Wildman–Crippen LogP) is 0.328. The highest BCUT2D eigenvalue weighted by Crippen LogP contribution is 2.24. The average Bonchev–Trinajstić information content (AvgIpc) is 2.29. The molecule has 0 saturated carbocycles. The van der Waals surface area contributed by atoms with E-state index in [2.05, 4.69) is 4.90 Å². The molecule has 1 heterocycles. The Morgan fingerprint density at radius 3 is 2.62 bits per heavy atom. The van der Waals surface area contributed by atoms with Crippen LogP contribution in [-0.2, 0) is 4.74 Å². The van der Waals surface area contributed by atoms with Gasteiger partial charge in [-0.3, -0.25) is 4.79 Å². The predicted molar refractivity (Wildman–Crippen MR) is 59.7 cm³/mol. The number of rotatable bonds is 2. The van der Waals surface area contributed by atoms with E-state index in [1.54, 1.807) is 18.2 Å². The molecule has 2 rings (SSSR count). The lowest BCUT2D eigenvalue weighted by atomic mass is 10.1. The van der Waals surface area contributed by atoms with Crippen LogP contribution in [0, 0.1) is 0 Å². The lowest BCUT2D eigenvalue weighted by Crippen LogP contribution is -2.36. The van der Waals surface area contributed by atoms with Crippen molar-refractivity contribution in [3.05, 3.63) is 23.8 Å². The Morgan fingerprint density at radius 1 is 1.38 bits per heavy atom. The molecule has 1 aliphatic heterocycles. The van der Waals surface area contributed by atoms with Gasteiger partial charge in [-0.1, -0.05) is 0 Å². The molecule has 1 fully saturated rings. The number of carbonyl (C=O) groups excluding carboxylic acids is 1. The van der Waals surface area contributed by atoms with Crippen molar-refractivity contribution in [2.45, 2.75) is 0 Å². The van der Waals surface area contributed by atoms with E-state index in [0.29, 0.717) is 13.2 Å². The first-order chi connectivity index (χ1) is 7.68.